The van der Waals surface area contributed by atoms with Crippen LogP contribution in [0.1, 0.15) is 19.3 Å². The molecular weight excluding hydrogens is 260 g/mol. The zero-order valence-electron chi connectivity index (χ0n) is 9.30. The van der Waals surface area contributed by atoms with E-state index in [0.29, 0.717) is 18.1 Å². The van der Waals surface area contributed by atoms with Crippen LogP contribution in [0.15, 0.2) is 24.3 Å². The van der Waals surface area contributed by atoms with E-state index in [1.807, 2.05) is 0 Å². The summed E-state index contributed by atoms with van der Waals surface area (Å²) in [5, 5.41) is 8.72. The topological polar surface area (TPSA) is 46.5 Å². The molecule has 5 heteroatoms. The number of thiol groups is 1. The molecule has 0 amide bonds. The van der Waals surface area contributed by atoms with Gasteiger partial charge in [0, 0.05) is 5.02 Å². The predicted octanol–water partition coefficient (Wildman–Crippen LogP) is 3.27. The number of unbranched alkanes of at least 4 members (excludes halogenated alkanes) is 1. The summed E-state index contributed by atoms with van der Waals surface area (Å²) in [6.45, 7) is 0.571. The molecule has 0 aliphatic heterocycles. The second-order valence-electron chi connectivity index (χ2n) is 3.65. The maximum absolute atomic E-state index is 10.5. The average Bonchev–Trinajstić information content (AvgIpc) is 2.30. The molecule has 3 nitrogen and oxygen atoms in total. The first-order chi connectivity index (χ1) is 8.09. The van der Waals surface area contributed by atoms with E-state index in [-0.39, 0.29) is 0 Å². The van der Waals surface area contributed by atoms with Crippen LogP contribution >= 0.6 is 24.2 Å². The van der Waals surface area contributed by atoms with Crippen LogP contribution in [-0.2, 0) is 4.79 Å². The first-order valence-electron chi connectivity index (χ1n) is 5.39. The fourth-order valence-electron chi connectivity index (χ4n) is 1.28. The molecule has 0 aliphatic carbocycles. The minimum atomic E-state index is -0.869. The van der Waals surface area contributed by atoms with Gasteiger partial charge in [0.2, 0.25) is 0 Å². The number of rotatable bonds is 7. The van der Waals surface area contributed by atoms with Crippen LogP contribution in [0, 0.1) is 0 Å². The molecule has 1 atom stereocenters. The van der Waals surface area contributed by atoms with E-state index >= 15 is 0 Å². The Hall–Kier alpha value is -0.870. The van der Waals surface area contributed by atoms with E-state index in [0.717, 1.165) is 18.6 Å². The average molecular weight is 275 g/mol. The van der Waals surface area contributed by atoms with E-state index in [1.54, 1.807) is 24.3 Å². The molecule has 0 aliphatic rings. The molecule has 0 aromatic heterocycles. The highest BCUT2D eigenvalue weighted by Crippen LogP contribution is 2.16. The zero-order chi connectivity index (χ0) is 12.7. The van der Waals surface area contributed by atoms with Crippen molar-refractivity contribution in [3.63, 3.8) is 0 Å². The second-order valence-corrected chi connectivity index (χ2v) is 4.71. The van der Waals surface area contributed by atoms with E-state index in [2.05, 4.69) is 12.6 Å². The Balaban J connectivity index is 2.12. The normalized spacial score (nSPS) is 12.1. The van der Waals surface area contributed by atoms with Crippen molar-refractivity contribution in [2.75, 3.05) is 6.61 Å². The molecule has 1 N–H and O–H groups in total. The lowest BCUT2D eigenvalue weighted by atomic mass is 10.2. The van der Waals surface area contributed by atoms with E-state index < -0.39 is 11.2 Å². The van der Waals surface area contributed by atoms with Crippen LogP contribution in [-0.4, -0.2) is 22.9 Å². The lowest BCUT2D eigenvalue weighted by molar-refractivity contribution is -0.136. The molecule has 0 saturated carbocycles. The van der Waals surface area contributed by atoms with Crippen molar-refractivity contribution in [1.29, 1.82) is 0 Å². The molecule has 0 bridgehead atoms. The second kappa shape index (κ2) is 7.45. The lowest BCUT2D eigenvalue weighted by Gasteiger charge is -2.07. The number of benzene rings is 1. The van der Waals surface area contributed by atoms with Crippen LogP contribution in [0.5, 0.6) is 5.75 Å². The summed E-state index contributed by atoms with van der Waals surface area (Å²) in [6.07, 6.45) is 2.16. The van der Waals surface area contributed by atoms with Gasteiger partial charge in [0.05, 0.1) is 11.9 Å². The van der Waals surface area contributed by atoms with Crippen molar-refractivity contribution in [1.82, 2.24) is 0 Å². The van der Waals surface area contributed by atoms with Gasteiger partial charge in [-0.3, -0.25) is 4.79 Å². The van der Waals surface area contributed by atoms with Gasteiger partial charge >= 0.3 is 5.97 Å². The highest BCUT2D eigenvalue weighted by atomic mass is 35.5. The van der Waals surface area contributed by atoms with Gasteiger partial charge in [-0.2, -0.15) is 12.6 Å². The molecule has 0 saturated heterocycles. The van der Waals surface area contributed by atoms with Crippen molar-refractivity contribution in [3.8, 4) is 5.75 Å². The third-order valence-electron chi connectivity index (χ3n) is 2.24. The van der Waals surface area contributed by atoms with Crippen LogP contribution in [0.3, 0.4) is 0 Å². The Morgan fingerprint density at radius 3 is 2.59 bits per heavy atom. The summed E-state index contributed by atoms with van der Waals surface area (Å²) in [5.41, 5.74) is 0. The first-order valence-corrected chi connectivity index (χ1v) is 6.28. The van der Waals surface area contributed by atoms with Gasteiger partial charge in [0.25, 0.3) is 0 Å². The molecule has 1 aromatic rings. The summed E-state index contributed by atoms with van der Waals surface area (Å²) in [5.74, 6) is -0.0954. The van der Waals surface area contributed by atoms with E-state index in [1.165, 1.54) is 0 Å². The van der Waals surface area contributed by atoms with Crippen molar-refractivity contribution in [2.24, 2.45) is 0 Å². The van der Waals surface area contributed by atoms with Crippen molar-refractivity contribution in [2.45, 2.75) is 24.5 Å². The molecule has 1 aromatic carbocycles. The quantitative estimate of drug-likeness (QED) is 0.593. The summed E-state index contributed by atoms with van der Waals surface area (Å²) < 4.78 is 5.47. The third-order valence-corrected chi connectivity index (χ3v) is 2.97. The number of carboxylic acids is 1. The molecule has 94 valence electrons. The standard InChI is InChI=1S/C12H15ClO3S/c13-9-4-6-10(7-5-9)16-8-2-1-3-11(17)12(14)15/h4-7,11,17H,1-3,8H2,(H,14,15). The Bertz CT molecular complexity index is 353. The van der Waals surface area contributed by atoms with Gasteiger partial charge in [-0.15, -0.1) is 0 Å². The summed E-state index contributed by atoms with van der Waals surface area (Å²) in [6, 6.07) is 7.15. The zero-order valence-corrected chi connectivity index (χ0v) is 11.0. The third kappa shape index (κ3) is 5.84. The summed E-state index contributed by atoms with van der Waals surface area (Å²) in [7, 11) is 0. The Morgan fingerprint density at radius 1 is 1.35 bits per heavy atom. The number of hydrogen-bond acceptors (Lipinski definition) is 3. The monoisotopic (exact) mass is 274 g/mol. The molecular formula is C12H15ClO3S. The van der Waals surface area contributed by atoms with Gasteiger partial charge in [0.1, 0.15) is 5.75 Å². The maximum atomic E-state index is 10.5. The number of aliphatic carboxylic acids is 1. The Kier molecular flexibility index (Phi) is 6.22. The highest BCUT2D eigenvalue weighted by Gasteiger charge is 2.10. The van der Waals surface area contributed by atoms with Gasteiger partial charge in [-0.25, -0.2) is 0 Å². The number of carbonyl (C=O) groups is 1. The van der Waals surface area contributed by atoms with Gasteiger partial charge < -0.3 is 9.84 Å². The van der Waals surface area contributed by atoms with Crippen molar-refractivity contribution >= 4 is 30.2 Å². The van der Waals surface area contributed by atoms with Gasteiger partial charge in [-0.05, 0) is 43.5 Å². The van der Waals surface area contributed by atoms with Crippen molar-refractivity contribution in [3.05, 3.63) is 29.3 Å². The SMILES string of the molecule is O=C(O)C(S)CCCCOc1ccc(Cl)cc1. The molecule has 1 unspecified atom stereocenters. The highest BCUT2D eigenvalue weighted by molar-refractivity contribution is 7.81. The molecule has 0 fully saturated rings. The van der Waals surface area contributed by atoms with Crippen LogP contribution in [0.2, 0.25) is 5.02 Å². The number of halogens is 1. The largest absolute Gasteiger partial charge is 0.494 e. The molecule has 0 heterocycles. The van der Waals surface area contributed by atoms with Crippen LogP contribution < -0.4 is 4.74 Å². The fraction of sp³-hybridized carbons (Fsp3) is 0.417. The predicted molar refractivity (Wildman–Crippen MR) is 71.2 cm³/mol. The maximum Gasteiger partial charge on any atom is 0.316 e. The molecule has 0 radical (unpaired) electrons. The van der Waals surface area contributed by atoms with Gasteiger partial charge in [0.15, 0.2) is 0 Å². The van der Waals surface area contributed by atoms with Gasteiger partial charge in [-0.1, -0.05) is 11.6 Å². The first kappa shape index (κ1) is 14.2. The fourth-order valence-corrected chi connectivity index (χ4v) is 1.59. The lowest BCUT2D eigenvalue weighted by Crippen LogP contribution is -2.13. The number of hydrogen-bond donors (Lipinski definition) is 2. The van der Waals surface area contributed by atoms with Crippen LogP contribution in [0.25, 0.3) is 0 Å². The van der Waals surface area contributed by atoms with E-state index in [9.17, 15) is 4.79 Å². The number of ether oxygens (including phenoxy) is 1. The minimum absolute atomic E-state index is 0.558. The van der Waals surface area contributed by atoms with E-state index in [4.69, 9.17) is 21.4 Å². The summed E-state index contributed by atoms with van der Waals surface area (Å²) >= 11 is 9.69. The Labute approximate surface area is 111 Å². The molecule has 17 heavy (non-hydrogen) atoms. The number of carboxylic acid groups (broad SMARTS) is 1. The Morgan fingerprint density at radius 2 is 2.00 bits per heavy atom. The summed E-state index contributed by atoms with van der Waals surface area (Å²) in [4.78, 5) is 10.5. The van der Waals surface area contributed by atoms with Crippen molar-refractivity contribution < 1.29 is 14.6 Å². The minimum Gasteiger partial charge on any atom is -0.494 e. The smallest absolute Gasteiger partial charge is 0.316 e. The molecule has 1 rings (SSSR count). The van der Waals surface area contributed by atoms with Crippen LogP contribution in [0.4, 0.5) is 0 Å². The molecule has 0 spiro atoms.